The van der Waals surface area contributed by atoms with Crippen LogP contribution in [0.25, 0.3) is 0 Å². The van der Waals surface area contributed by atoms with Crippen LogP contribution in [0.5, 0.6) is 0 Å². The fourth-order valence-corrected chi connectivity index (χ4v) is 2.37. The second kappa shape index (κ2) is 6.52. The van der Waals surface area contributed by atoms with E-state index in [1.54, 1.807) is 18.0 Å². The minimum absolute atomic E-state index is 0.119. The summed E-state index contributed by atoms with van der Waals surface area (Å²) in [6.07, 6.45) is 2.74. The van der Waals surface area contributed by atoms with Crippen LogP contribution in [0.2, 0.25) is 5.02 Å². The van der Waals surface area contributed by atoms with Crippen LogP contribution in [0, 0.1) is 0 Å². The molecule has 18 heavy (non-hydrogen) atoms. The van der Waals surface area contributed by atoms with Gasteiger partial charge in [0.25, 0.3) is 0 Å². The molecule has 1 aromatic heterocycles. The van der Waals surface area contributed by atoms with Gasteiger partial charge < -0.3 is 15.6 Å². The molecule has 0 radical (unpaired) electrons. The van der Waals surface area contributed by atoms with E-state index in [1.165, 1.54) is 0 Å². The molecular formula is C12H22ClN3O2. The molecule has 1 atom stereocenters. The Kier molecular flexibility index (Phi) is 5.59. The average molecular weight is 276 g/mol. The Morgan fingerprint density at radius 3 is 2.78 bits per heavy atom. The molecule has 0 aromatic carbocycles. The number of halogens is 1. The van der Waals surface area contributed by atoms with Crippen molar-refractivity contribution in [2.75, 3.05) is 20.3 Å². The van der Waals surface area contributed by atoms with Crippen molar-refractivity contribution in [1.29, 1.82) is 0 Å². The first-order valence-electron chi connectivity index (χ1n) is 6.11. The van der Waals surface area contributed by atoms with Crippen LogP contribution in [0.1, 0.15) is 38.4 Å². The van der Waals surface area contributed by atoms with Crippen molar-refractivity contribution in [3.05, 3.63) is 16.9 Å². The standard InChI is InChI=1S/C12H22ClN3O2/c1-9(2)16-11(10(13)7-15-16)12(17,8-18-3)5-4-6-14/h7,9,17H,4-6,8,14H2,1-3H3. The van der Waals surface area contributed by atoms with Crippen LogP contribution < -0.4 is 5.73 Å². The van der Waals surface area contributed by atoms with Gasteiger partial charge in [-0.1, -0.05) is 11.6 Å². The van der Waals surface area contributed by atoms with Gasteiger partial charge in [0.2, 0.25) is 0 Å². The van der Waals surface area contributed by atoms with Gasteiger partial charge >= 0.3 is 0 Å². The van der Waals surface area contributed by atoms with Crippen LogP contribution in [0.15, 0.2) is 6.20 Å². The fourth-order valence-electron chi connectivity index (χ4n) is 2.06. The van der Waals surface area contributed by atoms with Crippen molar-refractivity contribution in [2.45, 2.75) is 38.3 Å². The highest BCUT2D eigenvalue weighted by Gasteiger charge is 2.35. The van der Waals surface area contributed by atoms with Crippen molar-refractivity contribution in [3.8, 4) is 0 Å². The minimum Gasteiger partial charge on any atom is -0.381 e. The fraction of sp³-hybridized carbons (Fsp3) is 0.750. The van der Waals surface area contributed by atoms with Gasteiger partial charge in [-0.3, -0.25) is 4.68 Å². The van der Waals surface area contributed by atoms with Gasteiger partial charge in [-0.15, -0.1) is 0 Å². The molecule has 0 amide bonds. The Labute approximate surface area is 113 Å². The smallest absolute Gasteiger partial charge is 0.131 e. The van der Waals surface area contributed by atoms with Gasteiger partial charge in [0.15, 0.2) is 0 Å². The first-order valence-corrected chi connectivity index (χ1v) is 6.49. The molecule has 0 saturated heterocycles. The second-order valence-corrected chi connectivity index (χ2v) is 5.14. The van der Waals surface area contributed by atoms with E-state index in [9.17, 15) is 5.11 Å². The maximum absolute atomic E-state index is 10.8. The number of aliphatic hydroxyl groups is 1. The van der Waals surface area contributed by atoms with Crippen LogP contribution in [0.4, 0.5) is 0 Å². The minimum atomic E-state index is -1.15. The normalized spacial score (nSPS) is 15.1. The van der Waals surface area contributed by atoms with Gasteiger partial charge in [0.05, 0.1) is 23.5 Å². The lowest BCUT2D eigenvalue weighted by atomic mass is 9.94. The van der Waals surface area contributed by atoms with Gasteiger partial charge in [-0.05, 0) is 33.2 Å². The number of nitrogens with zero attached hydrogens (tertiary/aromatic N) is 2. The van der Waals surface area contributed by atoms with Crippen LogP contribution in [-0.2, 0) is 10.3 Å². The summed E-state index contributed by atoms with van der Waals surface area (Å²) in [4.78, 5) is 0. The number of rotatable bonds is 7. The number of ether oxygens (including phenoxy) is 1. The van der Waals surface area contributed by atoms with Crippen LogP contribution in [0.3, 0.4) is 0 Å². The maximum Gasteiger partial charge on any atom is 0.131 e. The summed E-state index contributed by atoms with van der Waals surface area (Å²) < 4.78 is 6.86. The second-order valence-electron chi connectivity index (χ2n) is 4.74. The first kappa shape index (κ1) is 15.4. The van der Waals surface area contributed by atoms with E-state index in [1.807, 2.05) is 13.8 Å². The highest BCUT2D eigenvalue weighted by molar-refractivity contribution is 6.31. The van der Waals surface area contributed by atoms with E-state index in [2.05, 4.69) is 5.10 Å². The zero-order chi connectivity index (χ0) is 13.8. The van der Waals surface area contributed by atoms with Crippen LogP contribution >= 0.6 is 11.6 Å². The average Bonchev–Trinajstić information content (AvgIpc) is 2.70. The van der Waals surface area contributed by atoms with Gasteiger partial charge in [-0.2, -0.15) is 5.10 Å². The summed E-state index contributed by atoms with van der Waals surface area (Å²) in [5.74, 6) is 0. The monoisotopic (exact) mass is 275 g/mol. The number of nitrogens with two attached hydrogens (primary N) is 1. The lowest BCUT2D eigenvalue weighted by molar-refractivity contribution is -0.0497. The molecule has 0 aliphatic rings. The summed E-state index contributed by atoms with van der Waals surface area (Å²) in [7, 11) is 1.55. The molecular weight excluding hydrogens is 254 g/mol. The zero-order valence-corrected chi connectivity index (χ0v) is 11.9. The van der Waals surface area contributed by atoms with Gasteiger partial charge in [-0.25, -0.2) is 0 Å². The Bertz CT molecular complexity index is 381. The molecule has 0 bridgehead atoms. The van der Waals surface area contributed by atoms with E-state index in [0.717, 1.165) is 0 Å². The largest absolute Gasteiger partial charge is 0.381 e. The van der Waals surface area contributed by atoms with Crippen molar-refractivity contribution >= 4 is 11.6 Å². The van der Waals surface area contributed by atoms with Crippen molar-refractivity contribution in [3.63, 3.8) is 0 Å². The highest BCUT2D eigenvalue weighted by atomic mass is 35.5. The molecule has 104 valence electrons. The molecule has 1 heterocycles. The summed E-state index contributed by atoms with van der Waals surface area (Å²) in [5, 5.41) is 15.5. The summed E-state index contributed by atoms with van der Waals surface area (Å²) in [5.41, 5.74) is 4.97. The number of hydrogen-bond acceptors (Lipinski definition) is 4. The summed E-state index contributed by atoms with van der Waals surface area (Å²) in [6, 6.07) is 0.119. The molecule has 0 spiro atoms. The molecule has 1 aromatic rings. The number of aromatic nitrogens is 2. The van der Waals surface area contributed by atoms with Gasteiger partial charge in [0.1, 0.15) is 5.60 Å². The van der Waals surface area contributed by atoms with Crippen LogP contribution in [-0.4, -0.2) is 35.1 Å². The Hall–Kier alpha value is -0.620. The third-order valence-electron chi connectivity index (χ3n) is 2.86. The highest BCUT2D eigenvalue weighted by Crippen LogP contribution is 2.33. The quantitative estimate of drug-likeness (QED) is 0.794. The molecule has 0 fully saturated rings. The zero-order valence-electron chi connectivity index (χ0n) is 11.2. The van der Waals surface area contributed by atoms with E-state index < -0.39 is 5.60 Å². The molecule has 1 rings (SSSR count). The van der Waals surface area contributed by atoms with Crippen molar-refractivity contribution in [1.82, 2.24) is 9.78 Å². The molecule has 1 unspecified atom stereocenters. The third kappa shape index (κ3) is 3.23. The molecule has 0 aliphatic heterocycles. The molecule has 3 N–H and O–H groups in total. The van der Waals surface area contributed by atoms with E-state index in [4.69, 9.17) is 22.1 Å². The van der Waals surface area contributed by atoms with Crippen molar-refractivity contribution in [2.24, 2.45) is 5.73 Å². The summed E-state index contributed by atoms with van der Waals surface area (Å²) >= 11 is 6.16. The topological polar surface area (TPSA) is 73.3 Å². The van der Waals surface area contributed by atoms with E-state index >= 15 is 0 Å². The molecule has 0 saturated carbocycles. The lowest BCUT2D eigenvalue weighted by Gasteiger charge is -2.29. The predicted octanol–water partition coefficient (Wildman–Crippen LogP) is 1.69. The molecule has 5 nitrogen and oxygen atoms in total. The molecule has 0 aliphatic carbocycles. The molecule has 6 heteroatoms. The lowest BCUT2D eigenvalue weighted by Crippen LogP contribution is -2.35. The van der Waals surface area contributed by atoms with E-state index in [-0.39, 0.29) is 12.6 Å². The number of methoxy groups -OCH3 is 1. The Balaban J connectivity index is 3.15. The van der Waals surface area contributed by atoms with Gasteiger partial charge in [0, 0.05) is 13.2 Å². The Morgan fingerprint density at radius 2 is 2.28 bits per heavy atom. The SMILES string of the molecule is COCC(O)(CCCN)c1c(Cl)cnn1C(C)C. The number of hydrogen-bond donors (Lipinski definition) is 2. The first-order chi connectivity index (χ1) is 8.46. The van der Waals surface area contributed by atoms with Crippen molar-refractivity contribution < 1.29 is 9.84 Å². The predicted molar refractivity (Wildman–Crippen MR) is 71.7 cm³/mol. The Morgan fingerprint density at radius 1 is 1.61 bits per heavy atom. The summed E-state index contributed by atoms with van der Waals surface area (Å²) in [6.45, 7) is 4.66. The maximum atomic E-state index is 10.8. The van der Waals surface area contributed by atoms with E-state index in [0.29, 0.717) is 30.1 Å². The third-order valence-corrected chi connectivity index (χ3v) is 3.13.